The van der Waals surface area contributed by atoms with Crippen LogP contribution in [0, 0.1) is 13.8 Å². The molecule has 3 N–H and O–H groups in total. The zero-order valence-electron chi connectivity index (χ0n) is 13.9. The number of nitrogens with two attached hydrogens (primary N) is 1. The number of carbonyl (C=O) groups excluding carboxylic acids is 1. The van der Waals surface area contributed by atoms with Crippen molar-refractivity contribution in [3.8, 4) is 0 Å². The third-order valence-corrected chi connectivity index (χ3v) is 4.05. The van der Waals surface area contributed by atoms with Gasteiger partial charge in [0.15, 0.2) is 0 Å². The van der Waals surface area contributed by atoms with Crippen LogP contribution in [0.2, 0.25) is 0 Å². The van der Waals surface area contributed by atoms with Crippen molar-refractivity contribution in [2.24, 2.45) is 5.73 Å². The van der Waals surface area contributed by atoms with E-state index >= 15 is 0 Å². The molecule has 0 aliphatic rings. The van der Waals surface area contributed by atoms with Gasteiger partial charge < -0.3 is 15.4 Å². The lowest BCUT2D eigenvalue weighted by molar-refractivity contribution is -0.117. The highest BCUT2D eigenvalue weighted by Gasteiger charge is 2.17. The van der Waals surface area contributed by atoms with Crippen LogP contribution < -0.4 is 5.73 Å². The van der Waals surface area contributed by atoms with Crippen molar-refractivity contribution in [3.63, 3.8) is 0 Å². The first kappa shape index (κ1) is 16.2. The van der Waals surface area contributed by atoms with E-state index in [9.17, 15) is 9.90 Å². The highest BCUT2D eigenvalue weighted by molar-refractivity contribution is 5.80. The fourth-order valence-electron chi connectivity index (χ4n) is 3.10. The second-order valence-corrected chi connectivity index (χ2v) is 6.21. The van der Waals surface area contributed by atoms with Gasteiger partial charge in [0, 0.05) is 0 Å². The van der Waals surface area contributed by atoms with Gasteiger partial charge in [0.2, 0.25) is 5.91 Å². The van der Waals surface area contributed by atoms with Gasteiger partial charge >= 0.3 is 0 Å². The number of para-hydroxylation sites is 2. The second-order valence-electron chi connectivity index (χ2n) is 6.21. The van der Waals surface area contributed by atoms with Gasteiger partial charge in [-0.3, -0.25) is 4.79 Å². The van der Waals surface area contributed by atoms with Gasteiger partial charge in [0.05, 0.1) is 30.1 Å². The number of imidazole rings is 1. The third-order valence-electron chi connectivity index (χ3n) is 4.05. The van der Waals surface area contributed by atoms with Crippen LogP contribution in [-0.4, -0.2) is 20.6 Å². The molecule has 2 aromatic carbocycles. The molecule has 5 nitrogen and oxygen atoms in total. The second kappa shape index (κ2) is 6.45. The molecule has 0 saturated heterocycles. The summed E-state index contributed by atoms with van der Waals surface area (Å²) < 4.78 is 1.88. The summed E-state index contributed by atoms with van der Waals surface area (Å²) in [6, 6.07) is 13.7. The molecule has 0 fully saturated rings. The lowest BCUT2D eigenvalue weighted by atomic mass is 10.0. The predicted molar refractivity (Wildman–Crippen MR) is 93.5 cm³/mol. The number of hydrogen-bond acceptors (Lipinski definition) is 3. The Labute approximate surface area is 140 Å². The molecule has 1 unspecified atom stereocenters. The molecule has 124 valence electrons. The number of aliphatic hydroxyl groups is 1. The predicted octanol–water partition coefficient (Wildman–Crippen LogP) is 2.41. The number of carbonyl (C=O) groups is 1. The minimum Gasteiger partial charge on any atom is -0.387 e. The third kappa shape index (κ3) is 3.31. The summed E-state index contributed by atoms with van der Waals surface area (Å²) in [5, 5.41) is 10.7. The number of primary amides is 1. The van der Waals surface area contributed by atoms with Crippen LogP contribution in [0.5, 0.6) is 0 Å². The monoisotopic (exact) mass is 323 g/mol. The van der Waals surface area contributed by atoms with Crippen molar-refractivity contribution in [1.82, 2.24) is 9.55 Å². The molecular weight excluding hydrogens is 302 g/mol. The highest BCUT2D eigenvalue weighted by atomic mass is 16.3. The largest absolute Gasteiger partial charge is 0.387 e. The Hall–Kier alpha value is -2.66. The summed E-state index contributed by atoms with van der Waals surface area (Å²) in [5.74, 6) is 0.138. The summed E-state index contributed by atoms with van der Waals surface area (Å²) in [6.45, 7) is 4.34. The maximum absolute atomic E-state index is 11.3. The summed E-state index contributed by atoms with van der Waals surface area (Å²) >= 11 is 0. The lowest BCUT2D eigenvalue weighted by Crippen LogP contribution is -2.19. The average Bonchev–Trinajstić information content (AvgIpc) is 2.83. The zero-order valence-corrected chi connectivity index (χ0v) is 13.9. The average molecular weight is 323 g/mol. The zero-order chi connectivity index (χ0) is 17.3. The van der Waals surface area contributed by atoms with Crippen LogP contribution in [0.4, 0.5) is 0 Å². The molecule has 1 aromatic heterocycles. The summed E-state index contributed by atoms with van der Waals surface area (Å²) in [4.78, 5) is 15.8. The Morgan fingerprint density at radius 1 is 1.21 bits per heavy atom. The molecule has 24 heavy (non-hydrogen) atoms. The van der Waals surface area contributed by atoms with Crippen molar-refractivity contribution in [2.45, 2.75) is 32.9 Å². The molecule has 1 amide bonds. The van der Waals surface area contributed by atoms with E-state index in [0.717, 1.165) is 27.7 Å². The van der Waals surface area contributed by atoms with Crippen LogP contribution in [0.15, 0.2) is 42.5 Å². The Balaban J connectivity index is 2.00. The first-order valence-corrected chi connectivity index (χ1v) is 7.93. The molecule has 5 heteroatoms. The van der Waals surface area contributed by atoms with Crippen LogP contribution in [0.3, 0.4) is 0 Å². The number of nitrogens with zero attached hydrogens (tertiary/aromatic N) is 2. The smallest absolute Gasteiger partial charge is 0.225 e. The normalized spacial score (nSPS) is 12.5. The van der Waals surface area contributed by atoms with Gasteiger partial charge in [0.25, 0.3) is 0 Å². The van der Waals surface area contributed by atoms with Gasteiger partial charge in [0.1, 0.15) is 5.82 Å². The van der Waals surface area contributed by atoms with E-state index in [2.05, 4.69) is 11.1 Å². The van der Waals surface area contributed by atoms with E-state index < -0.39 is 12.0 Å². The van der Waals surface area contributed by atoms with Gasteiger partial charge in [-0.1, -0.05) is 41.5 Å². The van der Waals surface area contributed by atoms with Crippen molar-refractivity contribution in [2.75, 3.05) is 0 Å². The van der Waals surface area contributed by atoms with Crippen LogP contribution >= 0.6 is 0 Å². The molecule has 1 atom stereocenters. The number of aromatic nitrogens is 2. The van der Waals surface area contributed by atoms with Crippen molar-refractivity contribution in [3.05, 3.63) is 65.0 Å². The van der Waals surface area contributed by atoms with Gasteiger partial charge in [-0.05, 0) is 31.5 Å². The molecule has 1 heterocycles. The number of fused-ring (bicyclic) bond motifs is 1. The molecule has 0 spiro atoms. The van der Waals surface area contributed by atoms with Gasteiger partial charge in [-0.2, -0.15) is 0 Å². The summed E-state index contributed by atoms with van der Waals surface area (Å²) in [5.41, 5.74) is 10.1. The molecule has 0 saturated carbocycles. The first-order valence-electron chi connectivity index (χ1n) is 7.93. The highest BCUT2D eigenvalue weighted by Crippen LogP contribution is 2.23. The first-order chi connectivity index (χ1) is 11.4. The standard InChI is InChI=1S/C19H21N3O2/c1-12-7-13(2)9-14(8-12)17(23)11-22-16-6-4-3-5-15(16)21-19(22)10-18(20)24/h3-9,17,23H,10-11H2,1-2H3,(H2,20,24). The van der Waals surface area contributed by atoms with E-state index in [1.807, 2.05) is 54.8 Å². The van der Waals surface area contributed by atoms with E-state index in [4.69, 9.17) is 5.73 Å². The van der Waals surface area contributed by atoms with E-state index in [1.165, 1.54) is 0 Å². The van der Waals surface area contributed by atoms with Crippen LogP contribution in [-0.2, 0) is 17.8 Å². The fourth-order valence-corrected chi connectivity index (χ4v) is 3.10. The molecule has 3 rings (SSSR count). The number of rotatable bonds is 5. The number of aryl methyl sites for hydroxylation is 2. The summed E-state index contributed by atoms with van der Waals surface area (Å²) in [6.07, 6.45) is -0.637. The number of aliphatic hydroxyl groups excluding tert-OH is 1. The van der Waals surface area contributed by atoms with Crippen LogP contribution in [0.1, 0.15) is 28.6 Å². The number of hydrogen-bond donors (Lipinski definition) is 2. The summed E-state index contributed by atoms with van der Waals surface area (Å²) in [7, 11) is 0. The Bertz CT molecular complexity index is 879. The fraction of sp³-hybridized carbons (Fsp3) is 0.263. The number of amides is 1. The minimum absolute atomic E-state index is 0.0498. The molecule has 0 aliphatic carbocycles. The lowest BCUT2D eigenvalue weighted by Gasteiger charge is -2.16. The van der Waals surface area contributed by atoms with Crippen molar-refractivity contribution in [1.29, 1.82) is 0 Å². The van der Waals surface area contributed by atoms with Crippen molar-refractivity contribution >= 4 is 16.9 Å². The molecule has 3 aromatic rings. The molecule has 0 aliphatic heterocycles. The minimum atomic E-state index is -0.687. The van der Waals surface area contributed by atoms with E-state index in [1.54, 1.807) is 0 Å². The molecule has 0 radical (unpaired) electrons. The topological polar surface area (TPSA) is 81.1 Å². The maximum atomic E-state index is 11.3. The Morgan fingerprint density at radius 3 is 2.54 bits per heavy atom. The maximum Gasteiger partial charge on any atom is 0.225 e. The SMILES string of the molecule is Cc1cc(C)cc(C(O)Cn2c(CC(N)=O)nc3ccccc32)c1. The van der Waals surface area contributed by atoms with Gasteiger partial charge in [-0.25, -0.2) is 4.98 Å². The van der Waals surface area contributed by atoms with E-state index in [0.29, 0.717) is 12.4 Å². The molecular formula is C19H21N3O2. The van der Waals surface area contributed by atoms with Crippen LogP contribution in [0.25, 0.3) is 11.0 Å². The van der Waals surface area contributed by atoms with Gasteiger partial charge in [-0.15, -0.1) is 0 Å². The molecule has 0 bridgehead atoms. The van der Waals surface area contributed by atoms with E-state index in [-0.39, 0.29) is 6.42 Å². The number of benzene rings is 2. The van der Waals surface area contributed by atoms with Crippen molar-refractivity contribution < 1.29 is 9.90 Å². The Kier molecular flexibility index (Phi) is 4.36. The Morgan fingerprint density at radius 2 is 1.88 bits per heavy atom. The quantitative estimate of drug-likeness (QED) is 0.756.